The standard InChI is InChI=1S/C26H33N9O/c1-18(2)19-12-25(33-30-16-19)32-24-6-5-22-23(31-24)11-20(15-29-22)21(13-27)14-28-7-4-8-35-10-9-34(3)17-26(35)36/h5-6,11-16,18,27-28H,4,7-10,17H2,1-3H3,(H,31,32,33)/b21-14+,27-13?. The van der Waals surface area contributed by atoms with Gasteiger partial charge in [0, 0.05) is 55.9 Å². The van der Waals surface area contributed by atoms with E-state index in [1.165, 1.54) is 6.21 Å². The summed E-state index contributed by atoms with van der Waals surface area (Å²) in [7, 11) is 1.97. The van der Waals surface area contributed by atoms with Gasteiger partial charge in [-0.1, -0.05) is 13.8 Å². The highest BCUT2D eigenvalue weighted by Gasteiger charge is 2.20. The predicted molar refractivity (Wildman–Crippen MR) is 142 cm³/mol. The second kappa shape index (κ2) is 11.7. The van der Waals surface area contributed by atoms with Crippen LogP contribution in [0, 0.1) is 5.41 Å². The molecule has 3 N–H and O–H groups in total. The molecule has 4 heterocycles. The van der Waals surface area contributed by atoms with Crippen LogP contribution in [0.5, 0.6) is 0 Å². The Labute approximate surface area is 211 Å². The number of allylic oxidation sites excluding steroid dienone is 1. The van der Waals surface area contributed by atoms with E-state index >= 15 is 0 Å². The topological polar surface area (TPSA) is 123 Å². The second-order valence-corrected chi connectivity index (χ2v) is 9.28. The lowest BCUT2D eigenvalue weighted by atomic mass is 10.1. The molecule has 0 saturated carbocycles. The van der Waals surface area contributed by atoms with Crippen LogP contribution in [0.25, 0.3) is 16.6 Å². The van der Waals surface area contributed by atoms with Crippen molar-refractivity contribution in [1.82, 2.24) is 35.3 Å². The number of nitrogens with one attached hydrogen (secondary N) is 3. The first-order chi connectivity index (χ1) is 17.4. The lowest BCUT2D eigenvalue weighted by Crippen LogP contribution is -2.49. The molecule has 1 fully saturated rings. The van der Waals surface area contributed by atoms with Crippen molar-refractivity contribution < 1.29 is 4.79 Å². The molecule has 10 nitrogen and oxygen atoms in total. The first-order valence-electron chi connectivity index (χ1n) is 12.2. The summed E-state index contributed by atoms with van der Waals surface area (Å²) in [5.41, 5.74) is 4.08. The molecule has 4 rings (SSSR count). The number of anilines is 2. The first kappa shape index (κ1) is 25.2. The number of nitrogens with zero attached hydrogens (tertiary/aromatic N) is 6. The smallest absolute Gasteiger partial charge is 0.236 e. The van der Waals surface area contributed by atoms with Crippen molar-refractivity contribution in [3.8, 4) is 0 Å². The van der Waals surface area contributed by atoms with Crippen molar-refractivity contribution in [2.24, 2.45) is 0 Å². The van der Waals surface area contributed by atoms with E-state index in [0.717, 1.165) is 42.7 Å². The van der Waals surface area contributed by atoms with Crippen LogP contribution in [0.1, 0.15) is 37.3 Å². The van der Waals surface area contributed by atoms with Gasteiger partial charge in [0.25, 0.3) is 0 Å². The Balaban J connectivity index is 1.39. The molecule has 0 spiro atoms. The summed E-state index contributed by atoms with van der Waals surface area (Å²) < 4.78 is 0. The first-order valence-corrected chi connectivity index (χ1v) is 12.2. The number of aromatic nitrogens is 4. The number of pyridine rings is 2. The largest absolute Gasteiger partial charge is 0.390 e. The highest BCUT2D eigenvalue weighted by atomic mass is 16.2. The normalized spacial score (nSPS) is 14.9. The maximum absolute atomic E-state index is 12.1. The fraction of sp³-hybridized carbons (Fsp3) is 0.385. The molecule has 1 saturated heterocycles. The SMILES string of the molecule is CC(C)c1cnnc(Nc2ccc3ncc(/C(C=N)=C/NCCCN4CCN(C)CC4=O)cc3n2)c1. The van der Waals surface area contributed by atoms with Crippen LogP contribution in [0.3, 0.4) is 0 Å². The minimum Gasteiger partial charge on any atom is -0.390 e. The lowest BCUT2D eigenvalue weighted by Gasteiger charge is -2.32. The summed E-state index contributed by atoms with van der Waals surface area (Å²) in [6, 6.07) is 7.66. The predicted octanol–water partition coefficient (Wildman–Crippen LogP) is 3.03. The van der Waals surface area contributed by atoms with Gasteiger partial charge in [-0.05, 0) is 49.2 Å². The van der Waals surface area contributed by atoms with Gasteiger partial charge in [-0.2, -0.15) is 5.10 Å². The number of amides is 1. The van der Waals surface area contributed by atoms with E-state index < -0.39 is 0 Å². The number of hydrogen-bond acceptors (Lipinski definition) is 9. The lowest BCUT2D eigenvalue weighted by molar-refractivity contribution is -0.135. The molecule has 0 radical (unpaired) electrons. The summed E-state index contributed by atoms with van der Waals surface area (Å²) in [5.74, 6) is 1.82. The van der Waals surface area contributed by atoms with Gasteiger partial charge >= 0.3 is 0 Å². The maximum Gasteiger partial charge on any atom is 0.236 e. The Kier molecular flexibility index (Phi) is 8.17. The van der Waals surface area contributed by atoms with Crippen molar-refractivity contribution in [2.75, 3.05) is 45.1 Å². The molecule has 0 bridgehead atoms. The minimum atomic E-state index is 0.183. The molecule has 0 atom stereocenters. The zero-order valence-corrected chi connectivity index (χ0v) is 21.0. The number of rotatable bonds is 10. The van der Waals surface area contributed by atoms with Crippen LogP contribution >= 0.6 is 0 Å². The van der Waals surface area contributed by atoms with Gasteiger partial charge in [-0.15, -0.1) is 5.10 Å². The minimum absolute atomic E-state index is 0.183. The molecule has 3 aromatic heterocycles. The second-order valence-electron chi connectivity index (χ2n) is 9.28. The molecule has 3 aromatic rings. The van der Waals surface area contributed by atoms with Crippen LogP contribution in [0.15, 0.2) is 42.9 Å². The summed E-state index contributed by atoms with van der Waals surface area (Å²) in [4.78, 5) is 25.2. The third kappa shape index (κ3) is 6.39. The third-order valence-electron chi connectivity index (χ3n) is 6.14. The van der Waals surface area contributed by atoms with Crippen molar-refractivity contribution in [1.29, 1.82) is 5.41 Å². The molecule has 1 aliphatic heterocycles. The van der Waals surface area contributed by atoms with Crippen LogP contribution in [0.2, 0.25) is 0 Å². The zero-order chi connectivity index (χ0) is 25.5. The molecular weight excluding hydrogens is 454 g/mol. The van der Waals surface area contributed by atoms with Gasteiger partial charge < -0.3 is 20.9 Å². The van der Waals surface area contributed by atoms with Crippen molar-refractivity contribution in [2.45, 2.75) is 26.2 Å². The quantitative estimate of drug-likeness (QED) is 0.295. The van der Waals surface area contributed by atoms with E-state index in [1.54, 1.807) is 12.4 Å². The fourth-order valence-electron chi connectivity index (χ4n) is 3.95. The number of hydrogen-bond donors (Lipinski definition) is 3. The number of piperazine rings is 1. The van der Waals surface area contributed by atoms with E-state index in [1.807, 2.05) is 47.3 Å². The summed E-state index contributed by atoms with van der Waals surface area (Å²) in [6.07, 6.45) is 7.47. The molecule has 0 unspecified atom stereocenters. The molecule has 188 valence electrons. The third-order valence-corrected chi connectivity index (χ3v) is 6.14. The molecule has 1 amide bonds. The highest BCUT2D eigenvalue weighted by molar-refractivity contribution is 6.08. The van der Waals surface area contributed by atoms with E-state index in [9.17, 15) is 4.79 Å². The zero-order valence-electron chi connectivity index (χ0n) is 21.0. The van der Waals surface area contributed by atoms with E-state index in [2.05, 4.69) is 39.7 Å². The van der Waals surface area contributed by atoms with Gasteiger partial charge in [-0.25, -0.2) is 4.98 Å². The Hall–Kier alpha value is -3.92. The molecule has 36 heavy (non-hydrogen) atoms. The Morgan fingerprint density at radius 1 is 1.17 bits per heavy atom. The molecule has 10 heteroatoms. The van der Waals surface area contributed by atoms with Crippen LogP contribution < -0.4 is 10.6 Å². The molecule has 0 aromatic carbocycles. The summed E-state index contributed by atoms with van der Waals surface area (Å²) in [5, 5.41) is 22.6. The Bertz CT molecular complexity index is 1260. The summed E-state index contributed by atoms with van der Waals surface area (Å²) >= 11 is 0. The number of likely N-dealkylation sites (N-methyl/N-ethyl adjacent to an activating group) is 1. The van der Waals surface area contributed by atoms with Gasteiger partial charge in [-0.3, -0.25) is 14.7 Å². The van der Waals surface area contributed by atoms with Crippen LogP contribution in [-0.2, 0) is 4.79 Å². The van der Waals surface area contributed by atoms with Gasteiger partial charge in [0.2, 0.25) is 5.91 Å². The van der Waals surface area contributed by atoms with Gasteiger partial charge in [0.15, 0.2) is 5.82 Å². The van der Waals surface area contributed by atoms with Crippen molar-refractivity contribution in [3.63, 3.8) is 0 Å². The highest BCUT2D eigenvalue weighted by Crippen LogP contribution is 2.21. The number of fused-ring (bicyclic) bond motifs is 1. The molecule has 0 aliphatic carbocycles. The van der Waals surface area contributed by atoms with Gasteiger partial charge in [0.05, 0.1) is 23.8 Å². The monoisotopic (exact) mass is 487 g/mol. The van der Waals surface area contributed by atoms with Crippen LogP contribution in [0.4, 0.5) is 11.6 Å². The molecule has 1 aliphatic rings. The average molecular weight is 488 g/mol. The number of carbonyl (C=O) groups is 1. The fourth-order valence-corrected chi connectivity index (χ4v) is 3.95. The van der Waals surface area contributed by atoms with Gasteiger partial charge in [0.1, 0.15) is 5.82 Å². The van der Waals surface area contributed by atoms with E-state index in [-0.39, 0.29) is 5.91 Å². The number of carbonyl (C=O) groups excluding carboxylic acids is 1. The van der Waals surface area contributed by atoms with E-state index in [0.29, 0.717) is 41.7 Å². The van der Waals surface area contributed by atoms with Crippen molar-refractivity contribution >= 4 is 40.4 Å². The van der Waals surface area contributed by atoms with E-state index in [4.69, 9.17) is 10.4 Å². The Morgan fingerprint density at radius 2 is 2.03 bits per heavy atom. The summed E-state index contributed by atoms with van der Waals surface area (Å²) in [6.45, 7) is 7.84. The maximum atomic E-state index is 12.1. The Morgan fingerprint density at radius 3 is 2.81 bits per heavy atom. The molecular formula is C26H33N9O. The van der Waals surface area contributed by atoms with Crippen molar-refractivity contribution in [3.05, 3.63) is 54.0 Å². The average Bonchev–Trinajstić information content (AvgIpc) is 2.87. The van der Waals surface area contributed by atoms with Crippen LogP contribution in [-0.4, -0.2) is 81.9 Å².